The summed E-state index contributed by atoms with van der Waals surface area (Å²) in [7, 11) is 1.66. The maximum atomic E-state index is 5.94. The van der Waals surface area contributed by atoms with Crippen LogP contribution < -0.4 is 10.6 Å². The number of benzene rings is 1. The Morgan fingerprint density at radius 2 is 2.18 bits per heavy atom. The van der Waals surface area contributed by atoms with Crippen molar-refractivity contribution < 1.29 is 4.74 Å². The van der Waals surface area contributed by atoms with E-state index in [1.807, 2.05) is 16.8 Å². The molecule has 0 spiro atoms. The summed E-state index contributed by atoms with van der Waals surface area (Å²) in [6.45, 7) is 4.94. The normalized spacial score (nSPS) is 16.7. The number of fused-ring (bicyclic) bond motifs is 1. The van der Waals surface area contributed by atoms with E-state index in [-0.39, 0.29) is 0 Å². The molecule has 0 bridgehead atoms. The quantitative estimate of drug-likeness (QED) is 0.401. The van der Waals surface area contributed by atoms with Gasteiger partial charge in [-0.25, -0.2) is 9.67 Å². The van der Waals surface area contributed by atoms with Crippen molar-refractivity contribution in [2.24, 2.45) is 4.99 Å². The minimum Gasteiger partial charge on any atom is -0.377 e. The van der Waals surface area contributed by atoms with Crippen molar-refractivity contribution in [2.75, 3.05) is 20.2 Å². The lowest BCUT2D eigenvalue weighted by Gasteiger charge is -2.25. The summed E-state index contributed by atoms with van der Waals surface area (Å²) in [5.74, 6) is 2.65. The molecule has 2 aromatic rings. The minimum absolute atomic E-state index is 0.290. The Morgan fingerprint density at radius 1 is 1.36 bits per heavy atom. The Kier molecular flexibility index (Phi) is 7.68. The molecule has 0 fully saturated rings. The lowest BCUT2D eigenvalue weighted by Crippen LogP contribution is -2.47. The van der Waals surface area contributed by atoms with Crippen LogP contribution in [0.5, 0.6) is 0 Å². The predicted molar refractivity (Wildman–Crippen MR) is 112 cm³/mol. The number of nitrogens with zero attached hydrogens (tertiary/aromatic N) is 4. The molecule has 0 radical (unpaired) electrons. The van der Waals surface area contributed by atoms with Crippen molar-refractivity contribution >= 4 is 17.6 Å². The summed E-state index contributed by atoms with van der Waals surface area (Å²) in [6, 6.07) is 8.31. The summed E-state index contributed by atoms with van der Waals surface area (Å²) >= 11 is 5.94. The van der Waals surface area contributed by atoms with Gasteiger partial charge in [-0.2, -0.15) is 5.10 Å². The van der Waals surface area contributed by atoms with Crippen molar-refractivity contribution in [2.45, 2.75) is 51.8 Å². The number of aliphatic imine (C=N–C) groups is 1. The van der Waals surface area contributed by atoms with Crippen LogP contribution >= 0.6 is 11.6 Å². The molecule has 1 aromatic carbocycles. The van der Waals surface area contributed by atoms with Gasteiger partial charge in [0.1, 0.15) is 12.4 Å². The SMILES string of the molecule is CCNC(=NCCCc1ccc(Cl)cc1)NC1CCc2nc(COC)nn2C1. The van der Waals surface area contributed by atoms with Gasteiger partial charge in [-0.15, -0.1) is 0 Å². The highest BCUT2D eigenvalue weighted by Gasteiger charge is 2.22. The van der Waals surface area contributed by atoms with E-state index in [9.17, 15) is 0 Å². The lowest BCUT2D eigenvalue weighted by atomic mass is 10.1. The first-order valence-corrected chi connectivity index (χ1v) is 10.3. The fraction of sp³-hybridized carbons (Fsp3) is 0.550. The van der Waals surface area contributed by atoms with E-state index in [1.165, 1.54) is 5.56 Å². The highest BCUT2D eigenvalue weighted by Crippen LogP contribution is 2.14. The van der Waals surface area contributed by atoms with Crippen LogP contribution in [0.4, 0.5) is 0 Å². The number of guanidine groups is 1. The van der Waals surface area contributed by atoms with Crippen molar-refractivity contribution in [1.29, 1.82) is 0 Å². The first kappa shape index (κ1) is 20.6. The summed E-state index contributed by atoms with van der Waals surface area (Å²) < 4.78 is 7.12. The summed E-state index contributed by atoms with van der Waals surface area (Å²) in [5, 5.41) is 12.2. The number of hydrogen-bond acceptors (Lipinski definition) is 4. The van der Waals surface area contributed by atoms with Crippen molar-refractivity contribution in [3.63, 3.8) is 0 Å². The molecule has 1 aliphatic rings. The van der Waals surface area contributed by atoms with Gasteiger partial charge in [-0.05, 0) is 43.9 Å². The van der Waals surface area contributed by atoms with Crippen LogP contribution in [0.15, 0.2) is 29.3 Å². The fourth-order valence-electron chi connectivity index (χ4n) is 3.31. The molecule has 0 aliphatic carbocycles. The molecule has 2 N–H and O–H groups in total. The molecule has 1 aliphatic heterocycles. The van der Waals surface area contributed by atoms with Crippen molar-refractivity contribution in [1.82, 2.24) is 25.4 Å². The number of rotatable bonds is 8. The molecule has 1 aromatic heterocycles. The summed E-state index contributed by atoms with van der Waals surface area (Å²) in [5.41, 5.74) is 1.29. The van der Waals surface area contributed by atoms with Crippen molar-refractivity contribution in [3.05, 3.63) is 46.5 Å². The Hall–Kier alpha value is -2.12. The van der Waals surface area contributed by atoms with Crippen LogP contribution in [-0.2, 0) is 30.7 Å². The second kappa shape index (κ2) is 10.4. The first-order chi connectivity index (χ1) is 13.7. The summed E-state index contributed by atoms with van der Waals surface area (Å²) in [4.78, 5) is 9.26. The topological polar surface area (TPSA) is 76.4 Å². The van der Waals surface area contributed by atoms with Gasteiger partial charge in [0.05, 0.1) is 6.54 Å². The molecule has 1 atom stereocenters. The van der Waals surface area contributed by atoms with E-state index in [4.69, 9.17) is 21.3 Å². The number of hydrogen-bond donors (Lipinski definition) is 2. The first-order valence-electron chi connectivity index (χ1n) is 9.88. The number of aryl methyl sites for hydroxylation is 2. The smallest absolute Gasteiger partial charge is 0.191 e. The highest BCUT2D eigenvalue weighted by molar-refractivity contribution is 6.30. The molecule has 3 rings (SSSR count). The van der Waals surface area contributed by atoms with Crippen LogP contribution in [0, 0.1) is 0 Å². The zero-order valence-corrected chi connectivity index (χ0v) is 17.4. The Balaban J connectivity index is 1.50. The van der Waals surface area contributed by atoms with E-state index in [1.54, 1.807) is 7.11 Å². The Morgan fingerprint density at radius 3 is 2.93 bits per heavy atom. The predicted octanol–water partition coefficient (Wildman–Crippen LogP) is 2.58. The highest BCUT2D eigenvalue weighted by atomic mass is 35.5. The Bertz CT molecular complexity index is 774. The molecule has 8 heteroatoms. The summed E-state index contributed by atoms with van der Waals surface area (Å²) in [6.07, 6.45) is 3.91. The van der Waals surface area contributed by atoms with E-state index < -0.39 is 0 Å². The monoisotopic (exact) mass is 404 g/mol. The third-order valence-electron chi connectivity index (χ3n) is 4.67. The number of nitrogens with one attached hydrogen (secondary N) is 2. The maximum Gasteiger partial charge on any atom is 0.191 e. The molecule has 28 heavy (non-hydrogen) atoms. The van der Waals surface area contributed by atoms with Gasteiger partial charge in [-0.1, -0.05) is 23.7 Å². The van der Waals surface area contributed by atoms with Gasteiger partial charge in [0.15, 0.2) is 11.8 Å². The Labute approximate surface area is 171 Å². The van der Waals surface area contributed by atoms with Crippen molar-refractivity contribution in [3.8, 4) is 0 Å². The maximum absolute atomic E-state index is 5.94. The molecule has 0 saturated carbocycles. The standard InChI is InChI=1S/C20H29ClN6O/c1-3-22-20(23-12-4-5-15-6-8-16(21)9-7-15)24-17-10-11-19-25-18(14-28-2)26-27(19)13-17/h6-9,17H,3-5,10-14H2,1-2H3,(H2,22,23,24). The molecular formula is C20H29ClN6O. The number of ether oxygens (including phenoxy) is 1. The van der Waals surface area contributed by atoms with Gasteiger partial charge < -0.3 is 15.4 Å². The largest absolute Gasteiger partial charge is 0.377 e. The second-order valence-corrected chi connectivity index (χ2v) is 7.37. The third kappa shape index (κ3) is 5.94. The van der Waals surface area contributed by atoms with E-state index in [0.29, 0.717) is 12.6 Å². The second-order valence-electron chi connectivity index (χ2n) is 6.93. The van der Waals surface area contributed by atoms with Gasteiger partial charge >= 0.3 is 0 Å². The van der Waals surface area contributed by atoms with Gasteiger partial charge in [0.25, 0.3) is 0 Å². The molecule has 152 valence electrons. The third-order valence-corrected chi connectivity index (χ3v) is 4.92. The van der Waals surface area contributed by atoms with Gasteiger partial charge in [0.2, 0.25) is 0 Å². The molecule has 1 unspecified atom stereocenters. The van der Waals surface area contributed by atoms with E-state index in [0.717, 1.165) is 67.9 Å². The zero-order valence-electron chi connectivity index (χ0n) is 16.6. The molecule has 2 heterocycles. The molecule has 0 amide bonds. The number of methoxy groups -OCH3 is 1. The number of halogens is 1. The molecule has 7 nitrogen and oxygen atoms in total. The van der Waals surface area contributed by atoms with E-state index >= 15 is 0 Å². The molecular weight excluding hydrogens is 376 g/mol. The van der Waals surface area contributed by atoms with E-state index in [2.05, 4.69) is 39.8 Å². The van der Waals surface area contributed by atoms with Crippen LogP contribution in [0.3, 0.4) is 0 Å². The van der Waals surface area contributed by atoms with Gasteiger partial charge in [0, 0.05) is 37.7 Å². The van der Waals surface area contributed by atoms with Crippen LogP contribution in [-0.4, -0.2) is 47.0 Å². The van der Waals surface area contributed by atoms with Crippen LogP contribution in [0.25, 0.3) is 0 Å². The molecule has 0 saturated heterocycles. The van der Waals surface area contributed by atoms with Crippen LogP contribution in [0.2, 0.25) is 5.02 Å². The average Bonchev–Trinajstić information content (AvgIpc) is 3.08. The zero-order chi connectivity index (χ0) is 19.8. The van der Waals surface area contributed by atoms with Gasteiger partial charge in [-0.3, -0.25) is 4.99 Å². The minimum atomic E-state index is 0.290. The average molecular weight is 405 g/mol. The fourth-order valence-corrected chi connectivity index (χ4v) is 3.43. The number of aromatic nitrogens is 3. The lowest BCUT2D eigenvalue weighted by molar-refractivity contribution is 0.177. The van der Waals surface area contributed by atoms with Crippen LogP contribution in [0.1, 0.15) is 37.0 Å².